The monoisotopic (exact) mass is 340 g/mol. The molecule has 21 heavy (non-hydrogen) atoms. The molecule has 124 valence electrons. The van der Waals surface area contributed by atoms with Crippen molar-refractivity contribution < 1.29 is 29.3 Å². The van der Waals surface area contributed by atoms with E-state index in [4.69, 9.17) is 9.47 Å². The second-order valence-corrected chi connectivity index (χ2v) is 5.69. The highest BCUT2D eigenvalue weighted by molar-refractivity contribution is 7.80. The van der Waals surface area contributed by atoms with Gasteiger partial charge < -0.3 is 19.7 Å². The van der Waals surface area contributed by atoms with Crippen molar-refractivity contribution >= 4 is 37.2 Å². The molecule has 0 fully saturated rings. The van der Waals surface area contributed by atoms with Crippen LogP contribution in [0.2, 0.25) is 0 Å². The van der Waals surface area contributed by atoms with Crippen molar-refractivity contribution in [3.8, 4) is 0 Å². The minimum atomic E-state index is -1.17. The lowest BCUT2D eigenvalue weighted by atomic mass is 9.92. The van der Waals surface area contributed by atoms with Crippen LogP contribution in [0.1, 0.15) is 25.7 Å². The molecule has 0 bridgehead atoms. The predicted molar refractivity (Wildman–Crippen MR) is 84.7 cm³/mol. The second kappa shape index (κ2) is 12.1. The summed E-state index contributed by atoms with van der Waals surface area (Å²) in [4.78, 5) is 22.8. The summed E-state index contributed by atoms with van der Waals surface area (Å²) in [7, 11) is 0. The fraction of sp³-hybridized carbons (Fsp3) is 0.846. The van der Waals surface area contributed by atoms with Gasteiger partial charge in [-0.2, -0.15) is 25.3 Å². The number of ether oxygens (including phenoxy) is 2. The Balaban J connectivity index is 4.28. The Morgan fingerprint density at radius 3 is 1.52 bits per heavy atom. The molecule has 0 aromatic heterocycles. The van der Waals surface area contributed by atoms with E-state index in [9.17, 15) is 19.8 Å². The molecule has 0 spiro atoms. The zero-order valence-corrected chi connectivity index (χ0v) is 13.8. The smallest absolute Gasteiger partial charge is 0.305 e. The third-order valence-electron chi connectivity index (χ3n) is 2.83. The third-order valence-corrected chi connectivity index (χ3v) is 3.46. The topological polar surface area (TPSA) is 93.1 Å². The largest absolute Gasteiger partial charge is 0.465 e. The van der Waals surface area contributed by atoms with E-state index in [-0.39, 0.29) is 26.1 Å². The first-order valence-electron chi connectivity index (χ1n) is 6.78. The highest BCUT2D eigenvalue weighted by Crippen LogP contribution is 2.18. The number of hydrogen-bond acceptors (Lipinski definition) is 8. The minimum Gasteiger partial charge on any atom is -0.465 e. The van der Waals surface area contributed by atoms with Crippen LogP contribution in [0.4, 0.5) is 0 Å². The lowest BCUT2D eigenvalue weighted by Crippen LogP contribution is -2.41. The van der Waals surface area contributed by atoms with Gasteiger partial charge in [0.25, 0.3) is 0 Å². The minimum absolute atomic E-state index is 0.203. The number of carbonyl (C=O) groups excluding carboxylic acids is 2. The van der Waals surface area contributed by atoms with Gasteiger partial charge in [0.15, 0.2) is 0 Å². The van der Waals surface area contributed by atoms with E-state index >= 15 is 0 Å². The average molecular weight is 340 g/mol. The zero-order chi connectivity index (χ0) is 16.1. The normalized spacial score (nSPS) is 11.2. The van der Waals surface area contributed by atoms with Gasteiger partial charge >= 0.3 is 11.9 Å². The molecular formula is C13H24O6S2. The van der Waals surface area contributed by atoms with Gasteiger partial charge in [0.05, 0.1) is 18.6 Å². The van der Waals surface area contributed by atoms with Crippen molar-refractivity contribution in [1.29, 1.82) is 0 Å². The van der Waals surface area contributed by atoms with Gasteiger partial charge in [-0.05, 0) is 24.3 Å². The Morgan fingerprint density at radius 2 is 1.24 bits per heavy atom. The average Bonchev–Trinajstić information content (AvgIpc) is 2.51. The van der Waals surface area contributed by atoms with Crippen LogP contribution < -0.4 is 0 Å². The molecule has 0 heterocycles. The number of rotatable bonds is 12. The molecule has 0 amide bonds. The summed E-state index contributed by atoms with van der Waals surface area (Å²) < 4.78 is 10.0. The van der Waals surface area contributed by atoms with E-state index in [1.165, 1.54) is 0 Å². The highest BCUT2D eigenvalue weighted by atomic mass is 32.1. The molecule has 0 unspecified atom stereocenters. The van der Waals surface area contributed by atoms with Crippen molar-refractivity contribution in [3.05, 3.63) is 0 Å². The summed E-state index contributed by atoms with van der Waals surface area (Å²) in [5.41, 5.74) is -1.17. The molecule has 0 aromatic carbocycles. The fourth-order valence-corrected chi connectivity index (χ4v) is 1.65. The lowest BCUT2D eigenvalue weighted by Gasteiger charge is -2.28. The van der Waals surface area contributed by atoms with E-state index in [1.807, 2.05) is 0 Å². The number of aliphatic hydroxyl groups is 2. The van der Waals surface area contributed by atoms with Crippen molar-refractivity contribution in [2.45, 2.75) is 25.7 Å². The maximum absolute atomic E-state index is 11.4. The van der Waals surface area contributed by atoms with E-state index in [0.717, 1.165) is 0 Å². The summed E-state index contributed by atoms with van der Waals surface area (Å²) >= 11 is 7.98. The number of aliphatic hydroxyl groups excluding tert-OH is 2. The number of esters is 2. The van der Waals surface area contributed by atoms with Crippen LogP contribution in [0.3, 0.4) is 0 Å². The van der Waals surface area contributed by atoms with E-state index < -0.39 is 30.6 Å². The second-order valence-electron chi connectivity index (χ2n) is 4.79. The van der Waals surface area contributed by atoms with Gasteiger partial charge in [-0.3, -0.25) is 9.59 Å². The molecule has 0 atom stereocenters. The Labute approximate surface area is 136 Å². The van der Waals surface area contributed by atoms with Crippen molar-refractivity contribution in [1.82, 2.24) is 0 Å². The lowest BCUT2D eigenvalue weighted by molar-refractivity contribution is -0.159. The molecule has 0 saturated heterocycles. The van der Waals surface area contributed by atoms with Gasteiger partial charge in [-0.1, -0.05) is 0 Å². The number of carbonyl (C=O) groups is 2. The Morgan fingerprint density at radius 1 is 0.857 bits per heavy atom. The summed E-state index contributed by atoms with van der Waals surface area (Å²) in [6.07, 6.45) is 1.62. The molecule has 0 aromatic rings. The van der Waals surface area contributed by atoms with E-state index in [2.05, 4.69) is 25.3 Å². The highest BCUT2D eigenvalue weighted by Gasteiger charge is 2.32. The first-order chi connectivity index (χ1) is 10.0. The summed E-state index contributed by atoms with van der Waals surface area (Å²) in [5, 5.41) is 18.8. The predicted octanol–water partition coefficient (Wildman–Crippen LogP) is 0.464. The van der Waals surface area contributed by atoms with Crippen molar-refractivity contribution in [2.75, 3.05) is 37.9 Å². The summed E-state index contributed by atoms with van der Waals surface area (Å²) in [6.45, 7) is -1.32. The van der Waals surface area contributed by atoms with Crippen LogP contribution in [0.5, 0.6) is 0 Å². The number of thiol groups is 2. The van der Waals surface area contributed by atoms with Crippen molar-refractivity contribution in [2.24, 2.45) is 5.41 Å². The molecule has 0 aliphatic rings. The maximum Gasteiger partial charge on any atom is 0.305 e. The maximum atomic E-state index is 11.4. The van der Waals surface area contributed by atoms with Crippen LogP contribution in [-0.2, 0) is 19.1 Å². The molecule has 0 aliphatic heterocycles. The third kappa shape index (κ3) is 9.23. The molecule has 0 radical (unpaired) electrons. The van der Waals surface area contributed by atoms with Crippen LogP contribution >= 0.6 is 25.3 Å². The van der Waals surface area contributed by atoms with Crippen LogP contribution in [-0.4, -0.2) is 60.1 Å². The van der Waals surface area contributed by atoms with Crippen LogP contribution in [0.25, 0.3) is 0 Å². The molecule has 6 nitrogen and oxygen atoms in total. The number of hydrogen-bond donors (Lipinski definition) is 4. The van der Waals surface area contributed by atoms with Gasteiger partial charge in [-0.25, -0.2) is 0 Å². The Bertz CT molecular complexity index is 281. The first-order valence-corrected chi connectivity index (χ1v) is 8.04. The SMILES string of the molecule is O=C(CCCS)OCC(CO)(CO)COC(=O)CCCS. The molecule has 2 N–H and O–H groups in total. The molecule has 8 heteroatoms. The van der Waals surface area contributed by atoms with Gasteiger partial charge in [0.1, 0.15) is 13.2 Å². The van der Waals surface area contributed by atoms with E-state index in [1.54, 1.807) is 0 Å². The van der Waals surface area contributed by atoms with E-state index in [0.29, 0.717) is 24.3 Å². The molecular weight excluding hydrogens is 316 g/mol. The fourth-order valence-electron chi connectivity index (χ4n) is 1.33. The van der Waals surface area contributed by atoms with Gasteiger partial charge in [-0.15, -0.1) is 0 Å². The van der Waals surface area contributed by atoms with Gasteiger partial charge in [0.2, 0.25) is 0 Å². The molecule has 0 aliphatic carbocycles. The van der Waals surface area contributed by atoms with Crippen LogP contribution in [0, 0.1) is 5.41 Å². The zero-order valence-electron chi connectivity index (χ0n) is 12.0. The first kappa shape index (κ1) is 20.6. The van der Waals surface area contributed by atoms with Gasteiger partial charge in [0, 0.05) is 12.8 Å². The van der Waals surface area contributed by atoms with Crippen LogP contribution in [0.15, 0.2) is 0 Å². The quantitative estimate of drug-likeness (QED) is 0.305. The Kier molecular flexibility index (Phi) is 11.9. The van der Waals surface area contributed by atoms with Crippen molar-refractivity contribution in [3.63, 3.8) is 0 Å². The standard InChI is InChI=1S/C13H24O6S2/c14-7-13(8-15,9-18-11(16)3-1-5-20)10-19-12(17)4-2-6-21/h14-15,20-21H,1-10H2. The summed E-state index contributed by atoms with van der Waals surface area (Å²) in [5.74, 6) is 0.278. The molecule has 0 rings (SSSR count). The Hall–Kier alpha value is -0.440. The molecule has 0 saturated carbocycles. The summed E-state index contributed by atoms with van der Waals surface area (Å²) in [6, 6.07) is 0.